The van der Waals surface area contributed by atoms with Crippen LogP contribution in [0.3, 0.4) is 0 Å². The number of nitrogens with zero attached hydrogens (tertiary/aromatic N) is 1. The van der Waals surface area contributed by atoms with E-state index in [2.05, 4.69) is 22.0 Å². The molecule has 2 aromatic carbocycles. The summed E-state index contributed by atoms with van der Waals surface area (Å²) in [5, 5.41) is 0. The van der Waals surface area contributed by atoms with E-state index in [0.717, 1.165) is 28.6 Å². The topological polar surface area (TPSA) is 29.4 Å². The Balaban J connectivity index is 1.86. The zero-order valence-electron chi connectivity index (χ0n) is 11.8. The summed E-state index contributed by atoms with van der Waals surface area (Å²) in [5.41, 5.74) is 4.28. The van der Waals surface area contributed by atoms with Crippen molar-refractivity contribution in [2.75, 3.05) is 0 Å². The summed E-state index contributed by atoms with van der Waals surface area (Å²) >= 11 is 3.59. The number of hydrogen-bond acceptors (Lipinski definition) is 2. The highest BCUT2D eigenvalue weighted by atomic mass is 79.9. The summed E-state index contributed by atoms with van der Waals surface area (Å²) in [5.74, 6) is 0.102. The van der Waals surface area contributed by atoms with Crippen molar-refractivity contribution in [3.8, 4) is 0 Å². The minimum absolute atomic E-state index is 0.102. The molecule has 0 fully saturated rings. The van der Waals surface area contributed by atoms with Crippen molar-refractivity contribution in [1.82, 2.24) is 0 Å². The highest BCUT2D eigenvalue weighted by Gasteiger charge is 2.21. The van der Waals surface area contributed by atoms with Crippen LogP contribution in [0.15, 0.2) is 58.0 Å². The molecule has 106 valence electrons. The lowest BCUT2D eigenvalue weighted by Gasteiger charge is -2.07. The van der Waals surface area contributed by atoms with Crippen LogP contribution in [0.2, 0.25) is 0 Å². The standard InChI is InChI=1S/C18H16BrNO/c1-12(21)13-6-8-14(9-7-13)17-10-11-18(20-17)15-4-2-3-5-16(15)19/h2-9,17H,10-11H2,1H3. The van der Waals surface area contributed by atoms with Crippen molar-refractivity contribution in [2.45, 2.75) is 25.8 Å². The Morgan fingerprint density at radius 2 is 1.86 bits per heavy atom. The van der Waals surface area contributed by atoms with Gasteiger partial charge in [-0.1, -0.05) is 58.4 Å². The van der Waals surface area contributed by atoms with Gasteiger partial charge in [0.25, 0.3) is 0 Å². The number of aliphatic imine (C=N–C) groups is 1. The van der Waals surface area contributed by atoms with Crippen LogP contribution in [-0.2, 0) is 0 Å². The van der Waals surface area contributed by atoms with Gasteiger partial charge in [-0.3, -0.25) is 9.79 Å². The maximum Gasteiger partial charge on any atom is 0.159 e. The van der Waals surface area contributed by atoms with Gasteiger partial charge < -0.3 is 0 Å². The molecule has 0 N–H and O–H groups in total. The maximum atomic E-state index is 11.3. The summed E-state index contributed by atoms with van der Waals surface area (Å²) in [6.07, 6.45) is 2.01. The number of Topliss-reactive ketones (excluding diaryl/α,β-unsaturated/α-hetero) is 1. The molecule has 0 amide bonds. The largest absolute Gasteiger partial charge is 0.295 e. The zero-order chi connectivity index (χ0) is 14.8. The minimum atomic E-state index is 0.102. The normalized spacial score (nSPS) is 17.6. The molecule has 0 bridgehead atoms. The molecular weight excluding hydrogens is 326 g/mol. The smallest absolute Gasteiger partial charge is 0.159 e. The summed E-state index contributed by atoms with van der Waals surface area (Å²) < 4.78 is 1.09. The molecule has 3 rings (SSSR count). The molecule has 1 unspecified atom stereocenters. The van der Waals surface area contributed by atoms with Crippen LogP contribution in [0.4, 0.5) is 0 Å². The molecule has 0 spiro atoms. The van der Waals surface area contributed by atoms with Crippen molar-refractivity contribution in [2.24, 2.45) is 4.99 Å². The van der Waals surface area contributed by atoms with Crippen molar-refractivity contribution in [1.29, 1.82) is 0 Å². The second kappa shape index (κ2) is 5.94. The Morgan fingerprint density at radius 3 is 2.52 bits per heavy atom. The molecule has 0 radical (unpaired) electrons. The van der Waals surface area contributed by atoms with Crippen LogP contribution < -0.4 is 0 Å². The van der Waals surface area contributed by atoms with Gasteiger partial charge in [0.05, 0.1) is 6.04 Å². The Kier molecular flexibility index (Phi) is 4.02. The van der Waals surface area contributed by atoms with Crippen molar-refractivity contribution in [3.63, 3.8) is 0 Å². The molecule has 1 aliphatic heterocycles. The van der Waals surface area contributed by atoms with Crippen LogP contribution >= 0.6 is 15.9 Å². The van der Waals surface area contributed by atoms with Gasteiger partial charge in [-0.2, -0.15) is 0 Å². The Morgan fingerprint density at radius 1 is 1.14 bits per heavy atom. The third-order valence-electron chi connectivity index (χ3n) is 3.85. The van der Waals surface area contributed by atoms with Gasteiger partial charge in [0.1, 0.15) is 0 Å². The maximum absolute atomic E-state index is 11.3. The van der Waals surface area contributed by atoms with E-state index >= 15 is 0 Å². The van der Waals surface area contributed by atoms with Crippen LogP contribution in [-0.4, -0.2) is 11.5 Å². The zero-order valence-corrected chi connectivity index (χ0v) is 13.4. The first-order valence-corrected chi connectivity index (χ1v) is 7.87. The molecule has 1 heterocycles. The van der Waals surface area contributed by atoms with E-state index in [9.17, 15) is 4.79 Å². The molecule has 21 heavy (non-hydrogen) atoms. The SMILES string of the molecule is CC(=O)c1ccc(C2CCC(c3ccccc3Br)=N2)cc1. The van der Waals surface area contributed by atoms with Crippen molar-refractivity contribution < 1.29 is 4.79 Å². The third kappa shape index (κ3) is 2.98. The van der Waals surface area contributed by atoms with E-state index < -0.39 is 0 Å². The van der Waals surface area contributed by atoms with E-state index in [4.69, 9.17) is 4.99 Å². The van der Waals surface area contributed by atoms with Crippen molar-refractivity contribution >= 4 is 27.4 Å². The number of carbonyl (C=O) groups excluding carboxylic acids is 1. The predicted molar refractivity (Wildman–Crippen MR) is 89.1 cm³/mol. The van der Waals surface area contributed by atoms with E-state index in [1.807, 2.05) is 42.5 Å². The Bertz CT molecular complexity index is 703. The fourth-order valence-electron chi connectivity index (χ4n) is 2.67. The first-order chi connectivity index (χ1) is 10.1. The molecule has 2 nitrogen and oxygen atoms in total. The number of benzene rings is 2. The van der Waals surface area contributed by atoms with Gasteiger partial charge in [-0.25, -0.2) is 0 Å². The lowest BCUT2D eigenvalue weighted by Crippen LogP contribution is -1.96. The fraction of sp³-hybridized carbons (Fsp3) is 0.222. The quantitative estimate of drug-likeness (QED) is 0.724. The average molecular weight is 342 g/mol. The first-order valence-electron chi connectivity index (χ1n) is 7.07. The Hall–Kier alpha value is -1.74. The third-order valence-corrected chi connectivity index (χ3v) is 4.54. The van der Waals surface area contributed by atoms with Gasteiger partial charge in [-0.05, 0) is 31.4 Å². The van der Waals surface area contributed by atoms with Gasteiger partial charge in [0.15, 0.2) is 5.78 Å². The van der Waals surface area contributed by atoms with Crippen LogP contribution in [0.1, 0.15) is 47.3 Å². The number of ketones is 1. The van der Waals surface area contributed by atoms with Gasteiger partial charge in [-0.15, -0.1) is 0 Å². The lowest BCUT2D eigenvalue weighted by molar-refractivity contribution is 0.101. The van der Waals surface area contributed by atoms with E-state index in [1.54, 1.807) is 6.92 Å². The minimum Gasteiger partial charge on any atom is -0.295 e. The molecule has 2 aromatic rings. The molecule has 0 saturated carbocycles. The second-order valence-corrected chi connectivity index (χ2v) is 6.14. The molecule has 1 atom stereocenters. The molecule has 0 saturated heterocycles. The molecule has 3 heteroatoms. The molecule has 0 aliphatic carbocycles. The van der Waals surface area contributed by atoms with Crippen molar-refractivity contribution in [3.05, 3.63) is 69.7 Å². The molecule has 0 aromatic heterocycles. The summed E-state index contributed by atoms with van der Waals surface area (Å²) in [7, 11) is 0. The lowest BCUT2D eigenvalue weighted by atomic mass is 10.0. The second-order valence-electron chi connectivity index (χ2n) is 5.29. The first kappa shape index (κ1) is 14.2. The number of rotatable bonds is 3. The highest BCUT2D eigenvalue weighted by Crippen LogP contribution is 2.32. The highest BCUT2D eigenvalue weighted by molar-refractivity contribution is 9.10. The number of halogens is 1. The van der Waals surface area contributed by atoms with Gasteiger partial charge in [0.2, 0.25) is 0 Å². The van der Waals surface area contributed by atoms with Gasteiger partial charge >= 0.3 is 0 Å². The summed E-state index contributed by atoms with van der Waals surface area (Å²) in [4.78, 5) is 16.2. The predicted octanol–water partition coefficient (Wildman–Crippen LogP) is 4.98. The summed E-state index contributed by atoms with van der Waals surface area (Å²) in [6, 6.07) is 16.2. The van der Waals surface area contributed by atoms with Crippen LogP contribution in [0.25, 0.3) is 0 Å². The van der Waals surface area contributed by atoms with Crippen LogP contribution in [0, 0.1) is 0 Å². The molecular formula is C18H16BrNO. The monoisotopic (exact) mass is 341 g/mol. The fourth-order valence-corrected chi connectivity index (χ4v) is 3.18. The number of carbonyl (C=O) groups is 1. The molecule has 1 aliphatic rings. The Labute approximate surface area is 133 Å². The summed E-state index contributed by atoms with van der Waals surface area (Å²) in [6.45, 7) is 1.59. The van der Waals surface area contributed by atoms with E-state index in [0.29, 0.717) is 0 Å². The van der Waals surface area contributed by atoms with Crippen LogP contribution in [0.5, 0.6) is 0 Å². The average Bonchev–Trinajstić information content (AvgIpc) is 2.97. The van der Waals surface area contributed by atoms with E-state index in [-0.39, 0.29) is 11.8 Å². The van der Waals surface area contributed by atoms with Gasteiger partial charge in [0, 0.05) is 21.3 Å². The number of hydrogen-bond donors (Lipinski definition) is 0. The van der Waals surface area contributed by atoms with E-state index in [1.165, 1.54) is 11.1 Å².